The lowest BCUT2D eigenvalue weighted by atomic mass is 10.0. The Balaban J connectivity index is 2.28. The second-order valence-corrected chi connectivity index (χ2v) is 9.22. The van der Waals surface area contributed by atoms with E-state index in [4.69, 9.17) is 11.5 Å². The number of aromatic nitrogens is 2. The summed E-state index contributed by atoms with van der Waals surface area (Å²) in [6.45, 7) is 1.71. The maximum absolute atomic E-state index is 13.4. The van der Waals surface area contributed by atoms with Gasteiger partial charge in [0, 0.05) is 24.7 Å². The van der Waals surface area contributed by atoms with Gasteiger partial charge in [-0.1, -0.05) is 12.1 Å². The highest BCUT2D eigenvalue weighted by atomic mass is 16.4. The van der Waals surface area contributed by atoms with Gasteiger partial charge in [-0.05, 0) is 50.4 Å². The molecule has 2 aromatic rings. The molecular weight excluding hydrogens is 510 g/mol. The van der Waals surface area contributed by atoms with E-state index >= 15 is 0 Å². The minimum absolute atomic E-state index is 0.00594. The maximum atomic E-state index is 13.4. The minimum Gasteiger partial charge on any atom is -0.508 e. The molecule has 3 amide bonds. The Bertz CT molecular complexity index is 1080. The van der Waals surface area contributed by atoms with E-state index in [1.807, 2.05) is 0 Å². The fraction of sp³-hybridized carbons (Fsp3) is 0.480. The maximum Gasteiger partial charge on any atom is 0.326 e. The molecule has 39 heavy (non-hydrogen) atoms. The molecule has 0 bridgehead atoms. The number of H-pyrrole nitrogens is 1. The average molecular weight is 548 g/mol. The first-order valence-electron chi connectivity index (χ1n) is 12.5. The summed E-state index contributed by atoms with van der Waals surface area (Å²) in [5.74, 6) is -3.50. The van der Waals surface area contributed by atoms with Gasteiger partial charge in [-0.3, -0.25) is 14.4 Å². The molecule has 14 heteroatoms. The van der Waals surface area contributed by atoms with Gasteiger partial charge in [0.25, 0.3) is 0 Å². The van der Waals surface area contributed by atoms with E-state index in [0.717, 1.165) is 0 Å². The van der Waals surface area contributed by atoms with Crippen molar-refractivity contribution < 1.29 is 34.5 Å². The lowest BCUT2D eigenvalue weighted by Crippen LogP contribution is -2.59. The Morgan fingerprint density at radius 1 is 0.949 bits per heavy atom. The number of carboxylic acids is 1. The van der Waals surface area contributed by atoms with Crippen molar-refractivity contribution in [1.82, 2.24) is 25.9 Å². The second-order valence-electron chi connectivity index (χ2n) is 9.22. The largest absolute Gasteiger partial charge is 0.508 e. The van der Waals surface area contributed by atoms with Gasteiger partial charge in [0.15, 0.2) is 0 Å². The molecule has 14 nitrogen and oxygen atoms in total. The molecule has 5 unspecified atom stereocenters. The number of hydrogen-bond acceptors (Lipinski definition) is 9. The molecule has 0 fully saturated rings. The smallest absolute Gasteiger partial charge is 0.326 e. The molecule has 1 aromatic heterocycles. The number of nitrogens with one attached hydrogen (secondary N) is 4. The van der Waals surface area contributed by atoms with Crippen molar-refractivity contribution in [3.63, 3.8) is 0 Å². The van der Waals surface area contributed by atoms with E-state index in [-0.39, 0.29) is 25.0 Å². The topological polar surface area (TPSA) is 246 Å². The van der Waals surface area contributed by atoms with Crippen molar-refractivity contribution in [3.05, 3.63) is 48.0 Å². The summed E-state index contributed by atoms with van der Waals surface area (Å²) in [6.07, 6.45) is 2.81. The van der Waals surface area contributed by atoms with Gasteiger partial charge in [-0.15, -0.1) is 0 Å². The quantitative estimate of drug-likeness (QED) is 0.108. The van der Waals surface area contributed by atoms with Crippen molar-refractivity contribution in [3.8, 4) is 5.75 Å². The predicted octanol–water partition coefficient (Wildman–Crippen LogP) is -1.72. The minimum atomic E-state index is -1.30. The molecule has 0 saturated carbocycles. The van der Waals surface area contributed by atoms with Crippen LogP contribution in [0.25, 0.3) is 0 Å². The number of unbranched alkanes of at least 4 members (excludes halogenated alkanes) is 1. The highest BCUT2D eigenvalue weighted by Crippen LogP contribution is 2.12. The molecular formula is C25H37N7O7. The average Bonchev–Trinajstić information content (AvgIpc) is 3.41. The van der Waals surface area contributed by atoms with E-state index in [9.17, 15) is 34.5 Å². The number of nitrogens with zero attached hydrogens (tertiary/aromatic N) is 1. The van der Waals surface area contributed by atoms with Gasteiger partial charge in [-0.2, -0.15) is 0 Å². The number of aliphatic hydroxyl groups is 1. The fourth-order valence-corrected chi connectivity index (χ4v) is 3.68. The first kappa shape index (κ1) is 31.2. The number of carbonyl (C=O) groups excluding carboxylic acids is 3. The molecule has 1 heterocycles. The molecule has 0 saturated heterocycles. The Morgan fingerprint density at radius 3 is 2.08 bits per heavy atom. The number of rotatable bonds is 16. The number of amides is 3. The third kappa shape index (κ3) is 10.3. The summed E-state index contributed by atoms with van der Waals surface area (Å²) in [5, 5.41) is 36.4. The first-order valence-corrected chi connectivity index (χ1v) is 12.5. The molecule has 0 radical (unpaired) electrons. The second kappa shape index (κ2) is 15.4. The van der Waals surface area contributed by atoms with Gasteiger partial charge in [0.1, 0.15) is 29.9 Å². The van der Waals surface area contributed by atoms with Crippen molar-refractivity contribution >= 4 is 23.7 Å². The van der Waals surface area contributed by atoms with Crippen molar-refractivity contribution in [2.24, 2.45) is 11.5 Å². The lowest BCUT2D eigenvalue weighted by Gasteiger charge is -2.25. The normalized spacial score (nSPS) is 14.9. The summed E-state index contributed by atoms with van der Waals surface area (Å²) in [7, 11) is 0. The summed E-state index contributed by atoms with van der Waals surface area (Å²) in [4.78, 5) is 57.6. The van der Waals surface area contributed by atoms with Gasteiger partial charge in [-0.25, -0.2) is 9.78 Å². The fourth-order valence-electron chi connectivity index (χ4n) is 3.68. The van der Waals surface area contributed by atoms with Gasteiger partial charge < -0.3 is 47.7 Å². The summed E-state index contributed by atoms with van der Waals surface area (Å²) in [5.41, 5.74) is 12.3. The first-order chi connectivity index (χ1) is 18.5. The number of benzene rings is 1. The molecule has 0 aliphatic heterocycles. The van der Waals surface area contributed by atoms with E-state index in [1.54, 1.807) is 12.1 Å². The highest BCUT2D eigenvalue weighted by Gasteiger charge is 2.31. The zero-order valence-corrected chi connectivity index (χ0v) is 21.7. The summed E-state index contributed by atoms with van der Waals surface area (Å²) >= 11 is 0. The number of aromatic hydroxyl groups is 1. The number of carboxylic acid groups (broad SMARTS) is 1. The molecule has 0 spiro atoms. The number of phenolic OH excluding ortho intramolecular Hbond substituents is 1. The standard InChI is InChI=1S/C25H37N7O7/c1-14(33)21(27)24(37)32-20(11-16-12-28-13-29-16)23(36)31-19(10-15-5-7-17(34)8-6-15)22(35)30-18(25(38)39)4-2-3-9-26/h5-8,12-14,18-21,33-34H,2-4,9-11,26-27H2,1H3,(H,28,29)(H,30,35)(H,31,36)(H,32,37)(H,38,39). The number of phenols is 1. The third-order valence-electron chi connectivity index (χ3n) is 6.00. The van der Waals surface area contributed by atoms with E-state index in [0.29, 0.717) is 30.6 Å². The Labute approximate surface area is 225 Å². The molecule has 1 aromatic carbocycles. The number of nitrogens with two attached hydrogens (primary N) is 2. The Kier molecular flexibility index (Phi) is 12.3. The molecule has 11 N–H and O–H groups in total. The summed E-state index contributed by atoms with van der Waals surface area (Å²) in [6, 6.07) is 1.00. The molecule has 0 aliphatic rings. The van der Waals surface area contributed by atoms with Crippen LogP contribution in [0.5, 0.6) is 5.75 Å². The third-order valence-corrected chi connectivity index (χ3v) is 6.00. The van der Waals surface area contributed by atoms with E-state index < -0.39 is 54.0 Å². The van der Waals surface area contributed by atoms with Gasteiger partial charge in [0.05, 0.1) is 12.4 Å². The SMILES string of the molecule is CC(O)C(N)C(=O)NC(Cc1cnc[nH]1)C(=O)NC(Cc1ccc(O)cc1)C(=O)NC(CCCCN)C(=O)O. The monoisotopic (exact) mass is 547 g/mol. The van der Waals surface area contributed by atoms with Crippen molar-refractivity contribution in [2.75, 3.05) is 6.54 Å². The van der Waals surface area contributed by atoms with Crippen LogP contribution >= 0.6 is 0 Å². The number of aliphatic carboxylic acids is 1. The lowest BCUT2D eigenvalue weighted by molar-refractivity contribution is -0.142. The molecule has 5 atom stereocenters. The number of hydrogen-bond donors (Lipinski definition) is 9. The van der Waals surface area contributed by atoms with E-state index in [1.165, 1.54) is 31.6 Å². The van der Waals surface area contributed by atoms with Crippen LogP contribution in [-0.4, -0.2) is 85.8 Å². The van der Waals surface area contributed by atoms with Crippen LogP contribution < -0.4 is 27.4 Å². The molecule has 0 aliphatic carbocycles. The van der Waals surface area contributed by atoms with Crippen LogP contribution in [-0.2, 0) is 32.0 Å². The predicted molar refractivity (Wildman–Crippen MR) is 140 cm³/mol. The van der Waals surface area contributed by atoms with Gasteiger partial charge in [0.2, 0.25) is 17.7 Å². The Morgan fingerprint density at radius 2 is 1.54 bits per heavy atom. The number of carbonyl (C=O) groups is 4. The van der Waals surface area contributed by atoms with Crippen LogP contribution in [0, 0.1) is 0 Å². The van der Waals surface area contributed by atoms with Crippen LogP contribution in [0.3, 0.4) is 0 Å². The summed E-state index contributed by atoms with van der Waals surface area (Å²) < 4.78 is 0. The van der Waals surface area contributed by atoms with Gasteiger partial charge >= 0.3 is 5.97 Å². The number of aliphatic hydroxyl groups excluding tert-OH is 1. The number of imidazole rings is 1. The zero-order valence-electron chi connectivity index (χ0n) is 21.7. The van der Waals surface area contributed by atoms with Crippen LogP contribution in [0.15, 0.2) is 36.8 Å². The molecule has 214 valence electrons. The zero-order chi connectivity index (χ0) is 28.9. The van der Waals surface area contributed by atoms with Crippen molar-refractivity contribution in [1.29, 1.82) is 0 Å². The Hall–Kier alpha value is -4.01. The molecule has 2 rings (SSSR count). The van der Waals surface area contributed by atoms with Crippen LogP contribution in [0.1, 0.15) is 37.4 Å². The van der Waals surface area contributed by atoms with Crippen LogP contribution in [0.2, 0.25) is 0 Å². The highest BCUT2D eigenvalue weighted by molar-refractivity contribution is 5.94. The number of aromatic amines is 1. The van der Waals surface area contributed by atoms with E-state index in [2.05, 4.69) is 25.9 Å². The van der Waals surface area contributed by atoms with Crippen LogP contribution in [0.4, 0.5) is 0 Å². The van der Waals surface area contributed by atoms with Crippen molar-refractivity contribution in [2.45, 2.75) is 69.3 Å².